The summed E-state index contributed by atoms with van der Waals surface area (Å²) in [6, 6.07) is 19.6. The number of hydrogen-bond donors (Lipinski definition) is 0. The fraction of sp³-hybridized carbons (Fsp3) is 0.0625. The Morgan fingerprint density at radius 2 is 1.71 bits per heavy atom. The molecule has 5 nitrogen and oxygen atoms in total. The molecule has 0 aliphatic carbocycles. The lowest BCUT2D eigenvalue weighted by Crippen LogP contribution is -1.98. The molecule has 0 aliphatic heterocycles. The van der Waals surface area contributed by atoms with Gasteiger partial charge in [-0.3, -0.25) is 0 Å². The standard InChI is InChI=1S/C16H14N4O/c1-3-7-14(8-4-1)13-21-18-12-15-11-17-20(19-15)16-9-5-2-6-10-16/h1-12H,13H2/b18-12-. The van der Waals surface area contributed by atoms with Crippen molar-refractivity contribution in [2.75, 3.05) is 0 Å². The Morgan fingerprint density at radius 1 is 1.00 bits per heavy atom. The molecule has 3 aromatic rings. The average molecular weight is 278 g/mol. The van der Waals surface area contributed by atoms with Gasteiger partial charge in [-0.25, -0.2) is 0 Å². The van der Waals surface area contributed by atoms with Gasteiger partial charge in [-0.15, -0.1) is 5.10 Å². The molecule has 3 rings (SSSR count). The van der Waals surface area contributed by atoms with Crippen LogP contribution in [0.3, 0.4) is 0 Å². The van der Waals surface area contributed by atoms with Crippen LogP contribution in [0.25, 0.3) is 5.69 Å². The molecular formula is C16H14N4O. The molecule has 0 saturated heterocycles. The fourth-order valence-electron chi connectivity index (χ4n) is 1.80. The van der Waals surface area contributed by atoms with E-state index in [2.05, 4.69) is 15.4 Å². The maximum Gasteiger partial charge on any atom is 0.142 e. The van der Waals surface area contributed by atoms with Crippen molar-refractivity contribution in [1.82, 2.24) is 15.0 Å². The molecule has 1 aromatic heterocycles. The van der Waals surface area contributed by atoms with Crippen LogP contribution in [0, 0.1) is 0 Å². The largest absolute Gasteiger partial charge is 0.391 e. The minimum atomic E-state index is 0.435. The topological polar surface area (TPSA) is 52.3 Å². The van der Waals surface area contributed by atoms with Crippen LogP contribution >= 0.6 is 0 Å². The first kappa shape index (κ1) is 13.1. The summed E-state index contributed by atoms with van der Waals surface area (Å²) >= 11 is 0. The molecule has 0 aliphatic rings. The Balaban J connectivity index is 1.58. The van der Waals surface area contributed by atoms with Crippen LogP contribution in [0.1, 0.15) is 11.3 Å². The van der Waals surface area contributed by atoms with Crippen LogP contribution < -0.4 is 0 Å². The van der Waals surface area contributed by atoms with E-state index in [1.54, 1.807) is 17.2 Å². The fourth-order valence-corrected chi connectivity index (χ4v) is 1.80. The predicted octanol–water partition coefficient (Wildman–Crippen LogP) is 2.82. The van der Waals surface area contributed by atoms with Crippen LogP contribution in [0.2, 0.25) is 0 Å². The smallest absolute Gasteiger partial charge is 0.142 e. The molecule has 0 bridgehead atoms. The van der Waals surface area contributed by atoms with Crippen molar-refractivity contribution in [3.63, 3.8) is 0 Å². The zero-order chi connectivity index (χ0) is 14.3. The van der Waals surface area contributed by atoms with E-state index in [0.29, 0.717) is 12.3 Å². The molecule has 2 aromatic carbocycles. The minimum Gasteiger partial charge on any atom is -0.391 e. The van der Waals surface area contributed by atoms with E-state index in [1.165, 1.54) is 0 Å². The molecule has 0 spiro atoms. The molecule has 21 heavy (non-hydrogen) atoms. The molecule has 0 amide bonds. The van der Waals surface area contributed by atoms with Crippen molar-refractivity contribution in [1.29, 1.82) is 0 Å². The van der Waals surface area contributed by atoms with Crippen molar-refractivity contribution >= 4 is 6.21 Å². The molecule has 5 heteroatoms. The second-order valence-electron chi connectivity index (χ2n) is 4.39. The zero-order valence-corrected chi connectivity index (χ0v) is 11.3. The summed E-state index contributed by atoms with van der Waals surface area (Å²) in [6.45, 7) is 0.435. The maximum absolute atomic E-state index is 5.23. The normalized spacial score (nSPS) is 10.9. The Bertz CT molecular complexity index is 707. The summed E-state index contributed by atoms with van der Waals surface area (Å²) in [5.41, 5.74) is 2.62. The lowest BCUT2D eigenvalue weighted by molar-refractivity contribution is 0.132. The first-order valence-electron chi connectivity index (χ1n) is 6.59. The molecule has 104 valence electrons. The van der Waals surface area contributed by atoms with Crippen molar-refractivity contribution in [3.05, 3.63) is 78.1 Å². The lowest BCUT2D eigenvalue weighted by atomic mass is 10.2. The van der Waals surface area contributed by atoms with Crippen molar-refractivity contribution in [2.45, 2.75) is 6.61 Å². The van der Waals surface area contributed by atoms with E-state index in [4.69, 9.17) is 4.84 Å². The van der Waals surface area contributed by atoms with Gasteiger partial charge >= 0.3 is 0 Å². The first-order valence-corrected chi connectivity index (χ1v) is 6.59. The highest BCUT2D eigenvalue weighted by Gasteiger charge is 2.00. The molecule has 0 fully saturated rings. The van der Waals surface area contributed by atoms with Crippen LogP contribution in [-0.4, -0.2) is 21.2 Å². The third-order valence-electron chi connectivity index (χ3n) is 2.83. The van der Waals surface area contributed by atoms with Gasteiger partial charge in [0, 0.05) is 0 Å². The quantitative estimate of drug-likeness (QED) is 0.532. The summed E-state index contributed by atoms with van der Waals surface area (Å²) in [5.74, 6) is 0. The number of hydrogen-bond acceptors (Lipinski definition) is 4. The Labute approximate surface area is 122 Å². The second-order valence-corrected chi connectivity index (χ2v) is 4.39. The summed E-state index contributed by atoms with van der Waals surface area (Å²) in [6.07, 6.45) is 3.19. The maximum atomic E-state index is 5.23. The van der Waals surface area contributed by atoms with Crippen LogP contribution in [-0.2, 0) is 11.4 Å². The Hall–Kier alpha value is -2.95. The number of rotatable bonds is 5. The predicted molar refractivity (Wildman–Crippen MR) is 80.2 cm³/mol. The molecule has 0 unspecified atom stereocenters. The van der Waals surface area contributed by atoms with Crippen molar-refractivity contribution in [2.24, 2.45) is 5.16 Å². The van der Waals surface area contributed by atoms with Gasteiger partial charge in [0.1, 0.15) is 12.3 Å². The van der Waals surface area contributed by atoms with E-state index >= 15 is 0 Å². The SMILES string of the molecule is C(=N/OCc1ccccc1)/c1cnn(-c2ccccc2)n1. The van der Waals surface area contributed by atoms with E-state index in [0.717, 1.165) is 11.3 Å². The monoisotopic (exact) mass is 278 g/mol. The average Bonchev–Trinajstić information content (AvgIpc) is 3.02. The summed E-state index contributed by atoms with van der Waals surface area (Å²) in [5, 5.41) is 12.4. The first-order chi connectivity index (χ1) is 10.4. The highest BCUT2D eigenvalue weighted by atomic mass is 16.6. The Kier molecular flexibility index (Phi) is 4.02. The number of benzene rings is 2. The van der Waals surface area contributed by atoms with Gasteiger partial charge in [-0.05, 0) is 17.7 Å². The molecule has 1 heterocycles. The number of oxime groups is 1. The van der Waals surface area contributed by atoms with Gasteiger partial charge in [0.2, 0.25) is 0 Å². The minimum absolute atomic E-state index is 0.435. The van der Waals surface area contributed by atoms with E-state index in [1.807, 2.05) is 60.7 Å². The van der Waals surface area contributed by atoms with Gasteiger partial charge in [0.05, 0.1) is 18.1 Å². The Morgan fingerprint density at radius 3 is 2.48 bits per heavy atom. The highest BCUT2D eigenvalue weighted by Crippen LogP contribution is 2.04. The lowest BCUT2D eigenvalue weighted by Gasteiger charge is -1.98. The zero-order valence-electron chi connectivity index (χ0n) is 11.3. The molecule has 0 N–H and O–H groups in total. The second kappa shape index (κ2) is 6.47. The number of aromatic nitrogens is 3. The molecular weight excluding hydrogens is 264 g/mol. The number of para-hydroxylation sites is 1. The highest BCUT2D eigenvalue weighted by molar-refractivity contribution is 5.75. The molecule has 0 atom stereocenters. The van der Waals surface area contributed by atoms with Crippen molar-refractivity contribution in [3.8, 4) is 5.69 Å². The summed E-state index contributed by atoms with van der Waals surface area (Å²) < 4.78 is 0. The summed E-state index contributed by atoms with van der Waals surface area (Å²) in [4.78, 5) is 6.79. The van der Waals surface area contributed by atoms with Crippen LogP contribution in [0.5, 0.6) is 0 Å². The molecule has 0 radical (unpaired) electrons. The third kappa shape index (κ3) is 3.54. The van der Waals surface area contributed by atoms with Crippen molar-refractivity contribution < 1.29 is 4.84 Å². The van der Waals surface area contributed by atoms with Gasteiger partial charge in [0.15, 0.2) is 0 Å². The van der Waals surface area contributed by atoms with E-state index in [9.17, 15) is 0 Å². The van der Waals surface area contributed by atoms with Crippen LogP contribution in [0.4, 0.5) is 0 Å². The van der Waals surface area contributed by atoms with Gasteiger partial charge < -0.3 is 4.84 Å². The third-order valence-corrected chi connectivity index (χ3v) is 2.83. The van der Waals surface area contributed by atoms with Gasteiger partial charge in [-0.1, -0.05) is 53.7 Å². The summed E-state index contributed by atoms with van der Waals surface area (Å²) in [7, 11) is 0. The molecule has 0 saturated carbocycles. The van der Waals surface area contributed by atoms with E-state index in [-0.39, 0.29) is 0 Å². The van der Waals surface area contributed by atoms with Gasteiger partial charge in [0.25, 0.3) is 0 Å². The van der Waals surface area contributed by atoms with E-state index < -0.39 is 0 Å². The van der Waals surface area contributed by atoms with Gasteiger partial charge in [-0.2, -0.15) is 9.90 Å². The number of nitrogens with zero attached hydrogens (tertiary/aromatic N) is 4. The van der Waals surface area contributed by atoms with Crippen LogP contribution in [0.15, 0.2) is 72.0 Å².